The lowest BCUT2D eigenvalue weighted by Crippen LogP contribution is -2.38. The van der Waals surface area contributed by atoms with Gasteiger partial charge in [-0.2, -0.15) is 0 Å². The molecule has 1 saturated heterocycles. The molecule has 1 aliphatic heterocycles. The predicted molar refractivity (Wildman–Crippen MR) is 73.3 cm³/mol. The third-order valence-corrected chi connectivity index (χ3v) is 3.57. The van der Waals surface area contributed by atoms with Crippen LogP contribution in [0.3, 0.4) is 0 Å². The normalized spacial score (nSPS) is 22.4. The number of carbonyl (C=O) groups excluding carboxylic acids is 2. The number of nitrogens with one attached hydrogen (secondary N) is 1. The van der Waals surface area contributed by atoms with Crippen LogP contribution in [0.25, 0.3) is 0 Å². The number of halogens is 1. The first-order chi connectivity index (χ1) is 9.40. The molecule has 0 radical (unpaired) electrons. The van der Waals surface area contributed by atoms with Crippen LogP contribution in [0, 0.1) is 11.7 Å². The van der Waals surface area contributed by atoms with Crippen LogP contribution in [-0.4, -0.2) is 29.8 Å². The SMILES string of the molecule is CC(C)NC(=O)[C@@H]1CC(=O)N(C)[C@H]1c1ccc(F)cc1. The Balaban J connectivity index is 2.28. The minimum absolute atomic E-state index is 0.0253. The van der Waals surface area contributed by atoms with Crippen LogP contribution >= 0.6 is 0 Å². The highest BCUT2D eigenvalue weighted by atomic mass is 19.1. The molecule has 1 fully saturated rings. The van der Waals surface area contributed by atoms with Crippen LogP contribution in [0.15, 0.2) is 24.3 Å². The van der Waals surface area contributed by atoms with Gasteiger partial charge in [0.15, 0.2) is 0 Å². The smallest absolute Gasteiger partial charge is 0.226 e. The van der Waals surface area contributed by atoms with Crippen molar-refractivity contribution in [2.75, 3.05) is 7.05 Å². The van der Waals surface area contributed by atoms with Crippen LogP contribution in [0.1, 0.15) is 31.9 Å². The molecule has 0 aromatic heterocycles. The Morgan fingerprint density at radius 2 is 1.95 bits per heavy atom. The zero-order valence-electron chi connectivity index (χ0n) is 11.9. The number of amides is 2. The predicted octanol–water partition coefficient (Wildman–Crippen LogP) is 1.87. The van der Waals surface area contributed by atoms with Gasteiger partial charge in [-0.3, -0.25) is 9.59 Å². The van der Waals surface area contributed by atoms with E-state index >= 15 is 0 Å². The van der Waals surface area contributed by atoms with E-state index in [0.717, 1.165) is 5.56 Å². The van der Waals surface area contributed by atoms with Crippen molar-refractivity contribution in [2.45, 2.75) is 32.4 Å². The number of hydrogen-bond acceptors (Lipinski definition) is 2. The number of rotatable bonds is 3. The number of nitrogens with zero attached hydrogens (tertiary/aromatic N) is 1. The summed E-state index contributed by atoms with van der Waals surface area (Å²) in [4.78, 5) is 25.7. The van der Waals surface area contributed by atoms with E-state index in [-0.39, 0.29) is 36.1 Å². The minimum Gasteiger partial charge on any atom is -0.354 e. The average molecular weight is 278 g/mol. The Bertz CT molecular complexity index is 513. The largest absolute Gasteiger partial charge is 0.354 e. The molecule has 1 N–H and O–H groups in total. The zero-order chi connectivity index (χ0) is 14.9. The van der Waals surface area contributed by atoms with Crippen molar-refractivity contribution in [1.29, 1.82) is 0 Å². The molecule has 2 amide bonds. The number of hydrogen-bond donors (Lipinski definition) is 1. The van der Waals surface area contributed by atoms with E-state index in [1.54, 1.807) is 24.1 Å². The van der Waals surface area contributed by atoms with Gasteiger partial charge in [-0.15, -0.1) is 0 Å². The Morgan fingerprint density at radius 3 is 2.50 bits per heavy atom. The summed E-state index contributed by atoms with van der Waals surface area (Å²) >= 11 is 0. The van der Waals surface area contributed by atoms with Gasteiger partial charge in [0.1, 0.15) is 5.82 Å². The van der Waals surface area contributed by atoms with Gasteiger partial charge in [-0.05, 0) is 31.5 Å². The summed E-state index contributed by atoms with van der Waals surface area (Å²) < 4.78 is 13.0. The van der Waals surface area contributed by atoms with E-state index in [1.807, 2.05) is 13.8 Å². The van der Waals surface area contributed by atoms with E-state index < -0.39 is 5.92 Å². The van der Waals surface area contributed by atoms with Crippen LogP contribution in [0.2, 0.25) is 0 Å². The standard InChI is InChI=1S/C15H19FN2O2/c1-9(2)17-15(20)12-8-13(19)18(3)14(12)10-4-6-11(16)7-5-10/h4-7,9,12,14H,8H2,1-3H3,(H,17,20)/t12-,14+/m1/s1. The molecule has 1 heterocycles. The van der Waals surface area contributed by atoms with Gasteiger partial charge >= 0.3 is 0 Å². The molecule has 1 aliphatic rings. The first-order valence-electron chi connectivity index (χ1n) is 6.71. The van der Waals surface area contributed by atoms with Gasteiger partial charge in [0.05, 0.1) is 12.0 Å². The van der Waals surface area contributed by atoms with Crippen molar-refractivity contribution in [3.05, 3.63) is 35.6 Å². The molecule has 5 heteroatoms. The highest BCUT2D eigenvalue weighted by Gasteiger charge is 2.42. The molecule has 0 unspecified atom stereocenters. The first kappa shape index (κ1) is 14.5. The molecule has 2 rings (SSSR count). The summed E-state index contributed by atoms with van der Waals surface area (Å²) in [6.45, 7) is 3.76. The van der Waals surface area contributed by atoms with Crippen LogP contribution in [0.5, 0.6) is 0 Å². The number of likely N-dealkylation sites (tertiary alicyclic amines) is 1. The fourth-order valence-electron chi connectivity index (χ4n) is 2.61. The van der Waals surface area contributed by atoms with Gasteiger partial charge in [-0.25, -0.2) is 4.39 Å². The molecular formula is C15H19FN2O2. The van der Waals surface area contributed by atoms with Gasteiger partial charge in [-0.1, -0.05) is 12.1 Å². The highest BCUT2D eigenvalue weighted by Crippen LogP contribution is 2.37. The summed E-state index contributed by atoms with van der Waals surface area (Å²) in [6.07, 6.45) is 0.192. The maximum Gasteiger partial charge on any atom is 0.226 e. The van der Waals surface area contributed by atoms with E-state index in [4.69, 9.17) is 0 Å². The molecule has 2 atom stereocenters. The fraction of sp³-hybridized carbons (Fsp3) is 0.467. The van der Waals surface area contributed by atoms with Crippen LogP contribution in [-0.2, 0) is 9.59 Å². The average Bonchev–Trinajstić information content (AvgIpc) is 2.67. The Kier molecular flexibility index (Phi) is 4.06. The maximum atomic E-state index is 13.0. The second-order valence-electron chi connectivity index (χ2n) is 5.47. The maximum absolute atomic E-state index is 13.0. The van der Waals surface area contributed by atoms with Crippen molar-refractivity contribution in [1.82, 2.24) is 10.2 Å². The molecule has 1 aromatic rings. The van der Waals surface area contributed by atoms with Gasteiger partial charge in [0.25, 0.3) is 0 Å². The quantitative estimate of drug-likeness (QED) is 0.917. The van der Waals surface area contributed by atoms with Gasteiger partial charge < -0.3 is 10.2 Å². The minimum atomic E-state index is -0.430. The van der Waals surface area contributed by atoms with Gasteiger partial charge in [0, 0.05) is 19.5 Å². The Morgan fingerprint density at radius 1 is 1.35 bits per heavy atom. The van der Waals surface area contributed by atoms with Gasteiger partial charge in [0.2, 0.25) is 11.8 Å². The molecule has 1 aromatic carbocycles. The van der Waals surface area contributed by atoms with E-state index in [1.165, 1.54) is 12.1 Å². The lowest BCUT2D eigenvalue weighted by molar-refractivity contribution is -0.128. The van der Waals surface area contributed by atoms with Crippen molar-refractivity contribution in [3.63, 3.8) is 0 Å². The van der Waals surface area contributed by atoms with Crippen molar-refractivity contribution in [3.8, 4) is 0 Å². The molecule has 108 valence electrons. The monoisotopic (exact) mass is 278 g/mol. The Hall–Kier alpha value is -1.91. The third-order valence-electron chi connectivity index (χ3n) is 3.57. The fourth-order valence-corrected chi connectivity index (χ4v) is 2.61. The zero-order valence-corrected chi connectivity index (χ0v) is 11.9. The van der Waals surface area contributed by atoms with E-state index in [2.05, 4.69) is 5.32 Å². The summed E-state index contributed by atoms with van der Waals surface area (Å²) in [5, 5.41) is 2.85. The van der Waals surface area contributed by atoms with Crippen LogP contribution in [0.4, 0.5) is 4.39 Å². The molecule has 0 saturated carbocycles. The van der Waals surface area contributed by atoms with Crippen LogP contribution < -0.4 is 5.32 Å². The lowest BCUT2D eigenvalue weighted by Gasteiger charge is -2.25. The lowest BCUT2D eigenvalue weighted by atomic mass is 9.92. The molecule has 0 aliphatic carbocycles. The summed E-state index contributed by atoms with van der Waals surface area (Å²) in [5.74, 6) is -0.959. The van der Waals surface area contributed by atoms with Crippen molar-refractivity contribution < 1.29 is 14.0 Å². The number of carbonyl (C=O) groups is 2. The molecule has 20 heavy (non-hydrogen) atoms. The second-order valence-corrected chi connectivity index (χ2v) is 5.47. The van der Waals surface area contributed by atoms with Crippen molar-refractivity contribution >= 4 is 11.8 Å². The summed E-state index contributed by atoms with van der Waals surface area (Å²) in [7, 11) is 1.68. The summed E-state index contributed by atoms with van der Waals surface area (Å²) in [6, 6.07) is 5.65. The second kappa shape index (κ2) is 5.61. The third kappa shape index (κ3) is 2.81. The number of benzene rings is 1. The first-order valence-corrected chi connectivity index (χ1v) is 6.71. The summed E-state index contributed by atoms with van der Waals surface area (Å²) in [5.41, 5.74) is 0.781. The Labute approximate surface area is 118 Å². The molecule has 4 nitrogen and oxygen atoms in total. The molecule has 0 bridgehead atoms. The highest BCUT2D eigenvalue weighted by molar-refractivity contribution is 5.90. The molecular weight excluding hydrogens is 259 g/mol. The van der Waals surface area contributed by atoms with E-state index in [9.17, 15) is 14.0 Å². The molecule has 0 spiro atoms. The van der Waals surface area contributed by atoms with Crippen molar-refractivity contribution in [2.24, 2.45) is 5.92 Å². The topological polar surface area (TPSA) is 49.4 Å². The van der Waals surface area contributed by atoms with E-state index in [0.29, 0.717) is 0 Å².